The minimum absolute atomic E-state index is 0.0668. The fourth-order valence-corrected chi connectivity index (χ4v) is 2.26. The Kier molecular flexibility index (Phi) is 4.63. The van der Waals surface area contributed by atoms with E-state index in [9.17, 15) is 40.5 Å². The Balaban J connectivity index is 3.75. The molecule has 0 aliphatic heterocycles. The first-order chi connectivity index (χ1) is 9.33. The lowest BCUT2D eigenvalue weighted by molar-refractivity contribution is -0.389. The number of ether oxygens (including phenoxy) is 1. The standard InChI is InChI=1S/C8H3ClF5NO5S/c9-21(18,19)5-2-3(7(10)11)1-4(15(16)17)6(5)20-8(12,13)14/h1-2,7H. The van der Waals surface area contributed by atoms with E-state index in [-0.39, 0.29) is 12.1 Å². The second kappa shape index (κ2) is 5.60. The molecule has 0 aliphatic rings. The topological polar surface area (TPSA) is 86.5 Å². The third-order valence-corrected chi connectivity index (χ3v) is 3.31. The van der Waals surface area contributed by atoms with E-state index in [0.717, 1.165) is 0 Å². The molecular formula is C8H3ClF5NO5S. The molecule has 0 saturated carbocycles. The van der Waals surface area contributed by atoms with Gasteiger partial charge in [0.2, 0.25) is 5.75 Å². The van der Waals surface area contributed by atoms with Gasteiger partial charge in [0.05, 0.1) is 4.92 Å². The van der Waals surface area contributed by atoms with Crippen molar-refractivity contribution in [2.75, 3.05) is 0 Å². The first kappa shape index (κ1) is 17.4. The van der Waals surface area contributed by atoms with Crippen molar-refractivity contribution in [3.63, 3.8) is 0 Å². The van der Waals surface area contributed by atoms with Gasteiger partial charge >= 0.3 is 12.0 Å². The van der Waals surface area contributed by atoms with Crippen LogP contribution in [0.15, 0.2) is 17.0 Å². The van der Waals surface area contributed by atoms with Gasteiger partial charge < -0.3 is 4.74 Å². The number of benzene rings is 1. The molecule has 0 spiro atoms. The van der Waals surface area contributed by atoms with Crippen LogP contribution in [-0.4, -0.2) is 19.7 Å². The molecule has 0 saturated heterocycles. The third kappa shape index (κ3) is 4.39. The molecule has 0 bridgehead atoms. The lowest BCUT2D eigenvalue weighted by Crippen LogP contribution is -2.19. The van der Waals surface area contributed by atoms with Gasteiger partial charge in [-0.2, -0.15) is 0 Å². The molecule has 0 amide bonds. The van der Waals surface area contributed by atoms with Gasteiger partial charge in [0, 0.05) is 22.3 Å². The number of nitro benzene ring substituents is 1. The Morgan fingerprint density at radius 1 is 1.29 bits per heavy atom. The number of halogens is 6. The second-order valence-corrected chi connectivity index (χ2v) is 5.95. The van der Waals surface area contributed by atoms with Crippen LogP contribution in [-0.2, 0) is 9.05 Å². The van der Waals surface area contributed by atoms with Crippen LogP contribution in [0.2, 0.25) is 0 Å². The molecule has 0 aliphatic carbocycles. The predicted molar refractivity (Wildman–Crippen MR) is 57.8 cm³/mol. The van der Waals surface area contributed by atoms with Crippen LogP contribution in [0.5, 0.6) is 5.75 Å². The molecule has 21 heavy (non-hydrogen) atoms. The molecule has 0 atom stereocenters. The van der Waals surface area contributed by atoms with Gasteiger partial charge in [0.25, 0.3) is 15.5 Å². The van der Waals surface area contributed by atoms with E-state index in [4.69, 9.17) is 10.7 Å². The van der Waals surface area contributed by atoms with Crippen LogP contribution in [0.25, 0.3) is 0 Å². The molecular weight excluding hydrogens is 353 g/mol. The van der Waals surface area contributed by atoms with Crippen LogP contribution in [0.4, 0.5) is 27.6 Å². The van der Waals surface area contributed by atoms with E-state index in [0.29, 0.717) is 0 Å². The highest BCUT2D eigenvalue weighted by molar-refractivity contribution is 8.13. The molecule has 0 aromatic heterocycles. The summed E-state index contributed by atoms with van der Waals surface area (Å²) in [6.45, 7) is 0. The fraction of sp³-hybridized carbons (Fsp3) is 0.250. The molecule has 0 unspecified atom stereocenters. The summed E-state index contributed by atoms with van der Waals surface area (Å²) in [6, 6.07) is 0.137. The molecule has 6 nitrogen and oxygen atoms in total. The van der Waals surface area contributed by atoms with Crippen LogP contribution in [0.1, 0.15) is 12.0 Å². The minimum Gasteiger partial charge on any atom is -0.397 e. The number of rotatable bonds is 4. The SMILES string of the molecule is O=[N+]([O-])c1cc(C(F)F)cc(S(=O)(=O)Cl)c1OC(F)(F)F. The third-order valence-electron chi connectivity index (χ3n) is 1.99. The average molecular weight is 356 g/mol. The first-order valence-electron chi connectivity index (χ1n) is 4.64. The maximum absolute atomic E-state index is 12.5. The molecule has 0 heterocycles. The molecule has 1 aromatic rings. The van der Waals surface area contributed by atoms with Gasteiger partial charge in [0.15, 0.2) is 0 Å². The average Bonchev–Trinajstić information content (AvgIpc) is 2.24. The Bertz CT molecular complexity index is 674. The van der Waals surface area contributed by atoms with Gasteiger partial charge in [-0.15, -0.1) is 13.2 Å². The molecule has 1 aromatic carbocycles. The largest absolute Gasteiger partial charge is 0.573 e. The van der Waals surface area contributed by atoms with Crippen LogP contribution in [0, 0.1) is 10.1 Å². The number of hydrogen-bond donors (Lipinski definition) is 0. The Morgan fingerprint density at radius 2 is 1.81 bits per heavy atom. The molecule has 1 rings (SSSR count). The Hall–Kier alpha value is -1.69. The zero-order valence-corrected chi connectivity index (χ0v) is 11.0. The van der Waals surface area contributed by atoms with Crippen molar-refractivity contribution in [1.29, 1.82) is 0 Å². The molecule has 13 heteroatoms. The zero-order chi connectivity index (χ0) is 16.6. The van der Waals surface area contributed by atoms with Crippen LogP contribution < -0.4 is 4.74 Å². The van der Waals surface area contributed by atoms with E-state index in [2.05, 4.69) is 4.74 Å². The van der Waals surface area contributed by atoms with E-state index < -0.39 is 48.7 Å². The van der Waals surface area contributed by atoms with Crippen molar-refractivity contribution in [3.8, 4) is 5.75 Å². The monoisotopic (exact) mass is 355 g/mol. The van der Waals surface area contributed by atoms with Crippen molar-refractivity contribution in [1.82, 2.24) is 0 Å². The fourth-order valence-electron chi connectivity index (χ4n) is 1.27. The summed E-state index contributed by atoms with van der Waals surface area (Å²) in [5.74, 6) is -1.79. The van der Waals surface area contributed by atoms with Gasteiger partial charge in [-0.1, -0.05) is 0 Å². The quantitative estimate of drug-likeness (QED) is 0.358. The van der Waals surface area contributed by atoms with Gasteiger partial charge in [0.1, 0.15) is 4.90 Å². The molecule has 0 fully saturated rings. The highest BCUT2D eigenvalue weighted by atomic mass is 35.7. The highest BCUT2D eigenvalue weighted by Crippen LogP contribution is 2.41. The maximum atomic E-state index is 12.5. The summed E-state index contributed by atoms with van der Waals surface area (Å²) in [4.78, 5) is 7.56. The Morgan fingerprint density at radius 3 is 2.14 bits per heavy atom. The van der Waals surface area contributed by atoms with E-state index >= 15 is 0 Å². The van der Waals surface area contributed by atoms with Crippen molar-refractivity contribution in [2.24, 2.45) is 0 Å². The maximum Gasteiger partial charge on any atom is 0.573 e. The number of nitrogens with zero attached hydrogens (tertiary/aromatic N) is 1. The van der Waals surface area contributed by atoms with E-state index in [1.165, 1.54) is 0 Å². The summed E-state index contributed by atoms with van der Waals surface area (Å²) >= 11 is 0. The Labute approximate surface area is 117 Å². The molecule has 0 N–H and O–H groups in total. The number of nitro groups is 1. The van der Waals surface area contributed by atoms with Gasteiger partial charge in [-0.05, 0) is 6.07 Å². The second-order valence-electron chi connectivity index (χ2n) is 3.41. The minimum atomic E-state index is -5.49. The van der Waals surface area contributed by atoms with Gasteiger partial charge in [-0.3, -0.25) is 10.1 Å². The van der Waals surface area contributed by atoms with E-state index in [1.54, 1.807) is 0 Å². The summed E-state index contributed by atoms with van der Waals surface area (Å²) < 4.78 is 87.1. The first-order valence-corrected chi connectivity index (χ1v) is 6.94. The van der Waals surface area contributed by atoms with E-state index in [1.807, 2.05) is 0 Å². The summed E-state index contributed by atoms with van der Waals surface area (Å²) in [5.41, 5.74) is -2.81. The zero-order valence-electron chi connectivity index (χ0n) is 9.40. The molecule has 0 radical (unpaired) electrons. The van der Waals surface area contributed by atoms with Crippen molar-refractivity contribution in [2.45, 2.75) is 17.7 Å². The highest BCUT2D eigenvalue weighted by Gasteiger charge is 2.39. The summed E-state index contributed by atoms with van der Waals surface area (Å²) in [5, 5.41) is 10.6. The summed E-state index contributed by atoms with van der Waals surface area (Å²) in [7, 11) is -0.205. The smallest absolute Gasteiger partial charge is 0.397 e. The predicted octanol–water partition coefficient (Wildman–Crippen LogP) is 3.36. The molecule has 118 valence electrons. The van der Waals surface area contributed by atoms with Gasteiger partial charge in [-0.25, -0.2) is 17.2 Å². The normalized spacial score (nSPS) is 12.5. The number of hydrogen-bond acceptors (Lipinski definition) is 5. The van der Waals surface area contributed by atoms with Crippen molar-refractivity contribution < 1.29 is 40.0 Å². The van der Waals surface area contributed by atoms with Crippen molar-refractivity contribution in [3.05, 3.63) is 27.8 Å². The lowest BCUT2D eigenvalue weighted by Gasteiger charge is -2.13. The van der Waals surface area contributed by atoms with Crippen molar-refractivity contribution >= 4 is 25.4 Å². The summed E-state index contributed by atoms with van der Waals surface area (Å²) in [6.07, 6.45) is -8.87. The van der Waals surface area contributed by atoms with Crippen LogP contribution >= 0.6 is 10.7 Å². The number of alkyl halides is 5. The van der Waals surface area contributed by atoms with Crippen LogP contribution in [0.3, 0.4) is 0 Å². The lowest BCUT2D eigenvalue weighted by atomic mass is 10.2.